The fraction of sp³-hybridized carbons (Fsp3) is 0.0476. The third kappa shape index (κ3) is 2.73. The molecule has 0 atom stereocenters. The van der Waals surface area contributed by atoms with Crippen molar-refractivity contribution in [1.29, 1.82) is 0 Å². The van der Waals surface area contributed by atoms with Gasteiger partial charge in [-0.1, -0.05) is 60.7 Å². The van der Waals surface area contributed by atoms with Crippen LogP contribution in [0, 0.1) is 5.82 Å². The normalized spacial score (nSPS) is 12.2. The molecule has 0 aromatic heterocycles. The van der Waals surface area contributed by atoms with E-state index in [-0.39, 0.29) is 11.6 Å². The molecule has 0 radical (unpaired) electrons. The van der Waals surface area contributed by atoms with E-state index in [1.54, 1.807) is 6.07 Å². The zero-order valence-electron chi connectivity index (χ0n) is 13.7. The molecule has 1 aliphatic carbocycles. The van der Waals surface area contributed by atoms with Crippen LogP contribution in [-0.2, 0) is 0 Å². The first-order valence-electron chi connectivity index (χ1n) is 8.20. The number of nitrogens with one attached hydrogen (secondary N) is 2. The fourth-order valence-corrected chi connectivity index (χ4v) is 3.29. The highest BCUT2D eigenvalue weighted by Gasteiger charge is 2.29. The Bertz CT molecular complexity index is 971. The molecule has 0 heterocycles. The molecule has 2 N–H and O–H groups in total. The lowest BCUT2D eigenvalue weighted by Crippen LogP contribution is -2.41. The van der Waals surface area contributed by atoms with Crippen LogP contribution in [0.1, 0.15) is 27.5 Å². The van der Waals surface area contributed by atoms with Crippen LogP contribution in [0.5, 0.6) is 0 Å². The average Bonchev–Trinajstić information content (AvgIpc) is 2.96. The van der Waals surface area contributed by atoms with E-state index in [0.29, 0.717) is 0 Å². The standard InChI is InChI=1S/C21H15FN2O2/c22-18-12-6-5-11-17(18)20(25)24-21(26)23-19-15-9-3-1-7-13(15)14-8-2-4-10-16(14)19/h1-12,19H,(H2,23,24,25,26). The number of carbonyl (C=O) groups is 2. The Kier molecular flexibility index (Phi) is 3.97. The van der Waals surface area contributed by atoms with Crippen LogP contribution in [0.25, 0.3) is 11.1 Å². The first-order valence-corrected chi connectivity index (χ1v) is 8.20. The molecule has 26 heavy (non-hydrogen) atoms. The van der Waals surface area contributed by atoms with Crippen LogP contribution in [0.15, 0.2) is 72.8 Å². The van der Waals surface area contributed by atoms with Crippen molar-refractivity contribution in [1.82, 2.24) is 10.6 Å². The quantitative estimate of drug-likeness (QED) is 0.736. The van der Waals surface area contributed by atoms with E-state index in [4.69, 9.17) is 0 Å². The molecular formula is C21H15FN2O2. The summed E-state index contributed by atoms with van der Waals surface area (Å²) in [5, 5.41) is 5.01. The zero-order valence-corrected chi connectivity index (χ0v) is 13.7. The zero-order chi connectivity index (χ0) is 18.1. The number of hydrogen-bond donors (Lipinski definition) is 2. The Labute approximate surface area is 149 Å². The van der Waals surface area contributed by atoms with Crippen LogP contribution >= 0.6 is 0 Å². The van der Waals surface area contributed by atoms with Gasteiger partial charge < -0.3 is 5.32 Å². The minimum absolute atomic E-state index is 0.171. The van der Waals surface area contributed by atoms with E-state index in [0.717, 1.165) is 22.3 Å². The lowest BCUT2D eigenvalue weighted by atomic mass is 10.1. The number of fused-ring (bicyclic) bond motifs is 3. The monoisotopic (exact) mass is 346 g/mol. The Morgan fingerprint density at radius 1 is 0.769 bits per heavy atom. The summed E-state index contributed by atoms with van der Waals surface area (Å²) in [6, 6.07) is 20.1. The first-order chi connectivity index (χ1) is 12.6. The van der Waals surface area contributed by atoms with Crippen LogP contribution in [0.3, 0.4) is 0 Å². The van der Waals surface area contributed by atoms with Crippen molar-refractivity contribution >= 4 is 11.9 Å². The lowest BCUT2D eigenvalue weighted by Gasteiger charge is -2.16. The fourth-order valence-electron chi connectivity index (χ4n) is 3.29. The van der Waals surface area contributed by atoms with Crippen LogP contribution in [-0.4, -0.2) is 11.9 Å². The van der Waals surface area contributed by atoms with Gasteiger partial charge in [0, 0.05) is 0 Å². The SMILES string of the molecule is O=C(NC(=O)c1ccccc1F)NC1c2ccccc2-c2ccccc21. The third-order valence-electron chi connectivity index (χ3n) is 4.45. The highest BCUT2D eigenvalue weighted by Crippen LogP contribution is 2.42. The minimum atomic E-state index is -0.778. The predicted molar refractivity (Wildman–Crippen MR) is 96.1 cm³/mol. The summed E-state index contributed by atoms with van der Waals surface area (Å²) in [6.45, 7) is 0. The molecule has 1 aliphatic rings. The molecule has 0 saturated heterocycles. The van der Waals surface area contributed by atoms with Gasteiger partial charge in [0.2, 0.25) is 0 Å². The van der Waals surface area contributed by atoms with Gasteiger partial charge >= 0.3 is 6.03 Å². The van der Waals surface area contributed by atoms with Gasteiger partial charge in [0.1, 0.15) is 5.82 Å². The lowest BCUT2D eigenvalue weighted by molar-refractivity contribution is 0.0959. The number of amides is 3. The van der Waals surface area contributed by atoms with E-state index >= 15 is 0 Å². The highest BCUT2D eigenvalue weighted by molar-refractivity contribution is 6.04. The Hall–Kier alpha value is -3.47. The van der Waals surface area contributed by atoms with Crippen LogP contribution < -0.4 is 10.6 Å². The summed E-state index contributed by atoms with van der Waals surface area (Å²) >= 11 is 0. The number of urea groups is 1. The van der Waals surface area contributed by atoms with Crippen LogP contribution in [0.4, 0.5) is 9.18 Å². The maximum atomic E-state index is 13.7. The Morgan fingerprint density at radius 3 is 1.92 bits per heavy atom. The second kappa shape index (κ2) is 6.44. The van der Waals surface area contributed by atoms with Gasteiger partial charge in [0.15, 0.2) is 0 Å². The van der Waals surface area contributed by atoms with Gasteiger partial charge in [-0.05, 0) is 34.4 Å². The van der Waals surface area contributed by atoms with Crippen molar-refractivity contribution < 1.29 is 14.0 Å². The molecule has 128 valence electrons. The third-order valence-corrected chi connectivity index (χ3v) is 4.45. The second-order valence-electron chi connectivity index (χ2n) is 6.01. The van der Waals surface area contributed by atoms with Gasteiger partial charge in [0.25, 0.3) is 5.91 Å². The topological polar surface area (TPSA) is 58.2 Å². The smallest absolute Gasteiger partial charge is 0.322 e. The largest absolute Gasteiger partial charge is 0.327 e. The van der Waals surface area contributed by atoms with Crippen molar-refractivity contribution in [3.05, 3.63) is 95.3 Å². The molecule has 0 bridgehead atoms. The minimum Gasteiger partial charge on any atom is -0.327 e. The summed E-state index contributed by atoms with van der Waals surface area (Å²) in [7, 11) is 0. The van der Waals surface area contributed by atoms with Gasteiger partial charge in [-0.15, -0.1) is 0 Å². The summed E-state index contributed by atoms with van der Waals surface area (Å²) in [5.74, 6) is -1.45. The summed E-state index contributed by atoms with van der Waals surface area (Å²) in [5.41, 5.74) is 3.85. The maximum absolute atomic E-state index is 13.7. The molecule has 4 rings (SSSR count). The summed E-state index contributed by atoms with van der Waals surface area (Å²) in [6.07, 6.45) is 0. The van der Waals surface area contributed by atoms with E-state index < -0.39 is 17.8 Å². The van der Waals surface area contributed by atoms with Gasteiger partial charge in [-0.25, -0.2) is 9.18 Å². The maximum Gasteiger partial charge on any atom is 0.322 e. The van der Waals surface area contributed by atoms with E-state index in [2.05, 4.69) is 10.6 Å². The number of halogens is 1. The van der Waals surface area contributed by atoms with Crippen molar-refractivity contribution in [2.24, 2.45) is 0 Å². The van der Waals surface area contributed by atoms with Gasteiger partial charge in [-0.2, -0.15) is 0 Å². The van der Waals surface area contributed by atoms with Crippen LogP contribution in [0.2, 0.25) is 0 Å². The molecule has 0 aliphatic heterocycles. The van der Waals surface area contributed by atoms with E-state index in [9.17, 15) is 14.0 Å². The number of rotatable bonds is 2. The number of carbonyl (C=O) groups excluding carboxylic acids is 2. The molecule has 0 fully saturated rings. The molecule has 3 aromatic carbocycles. The second-order valence-corrected chi connectivity index (χ2v) is 6.01. The molecule has 4 nitrogen and oxygen atoms in total. The molecule has 5 heteroatoms. The number of hydrogen-bond acceptors (Lipinski definition) is 2. The molecule has 0 saturated carbocycles. The predicted octanol–water partition coefficient (Wildman–Crippen LogP) is 4.04. The van der Waals surface area contributed by atoms with E-state index in [1.165, 1.54) is 18.2 Å². The Morgan fingerprint density at radius 2 is 1.31 bits per heavy atom. The number of benzene rings is 3. The number of imide groups is 1. The van der Waals surface area contributed by atoms with Crippen molar-refractivity contribution in [3.8, 4) is 11.1 Å². The van der Waals surface area contributed by atoms with Crippen molar-refractivity contribution in [2.45, 2.75) is 6.04 Å². The molecule has 0 unspecified atom stereocenters. The van der Waals surface area contributed by atoms with E-state index in [1.807, 2.05) is 48.5 Å². The highest BCUT2D eigenvalue weighted by atomic mass is 19.1. The van der Waals surface area contributed by atoms with Crippen molar-refractivity contribution in [3.63, 3.8) is 0 Å². The molecule has 3 amide bonds. The summed E-state index contributed by atoms with van der Waals surface area (Å²) in [4.78, 5) is 24.5. The average molecular weight is 346 g/mol. The molecular weight excluding hydrogens is 331 g/mol. The molecule has 3 aromatic rings. The van der Waals surface area contributed by atoms with Gasteiger partial charge in [0.05, 0.1) is 11.6 Å². The molecule has 0 spiro atoms. The summed E-state index contributed by atoms with van der Waals surface area (Å²) < 4.78 is 13.7. The first kappa shape index (κ1) is 16.0. The van der Waals surface area contributed by atoms with Gasteiger partial charge in [-0.3, -0.25) is 10.1 Å². The Balaban J connectivity index is 1.57. The van der Waals surface area contributed by atoms with Crippen molar-refractivity contribution in [2.75, 3.05) is 0 Å².